The molecule has 3 aromatic carbocycles. The van der Waals surface area contributed by atoms with E-state index in [0.717, 1.165) is 5.56 Å². The minimum absolute atomic E-state index is 0.0183. The average Bonchev–Trinajstić information content (AvgIpc) is 3.51. The van der Waals surface area contributed by atoms with Crippen molar-refractivity contribution in [3.05, 3.63) is 59.7 Å². The normalized spacial score (nSPS) is 17.3. The highest BCUT2D eigenvalue weighted by Gasteiger charge is 2.32. The van der Waals surface area contributed by atoms with Crippen LogP contribution in [0.4, 0.5) is 5.69 Å². The first-order valence-electron chi connectivity index (χ1n) is 13.9. The maximum atomic E-state index is 13.4. The lowest BCUT2D eigenvalue weighted by Gasteiger charge is -2.21. The summed E-state index contributed by atoms with van der Waals surface area (Å²) in [6.07, 6.45) is 1.11. The van der Waals surface area contributed by atoms with Crippen molar-refractivity contribution < 1.29 is 41.0 Å². The zero-order chi connectivity index (χ0) is 31.1. The summed E-state index contributed by atoms with van der Waals surface area (Å²) in [5, 5.41) is 0. The average molecular weight is 634 g/mol. The summed E-state index contributed by atoms with van der Waals surface area (Å²) in [6, 6.07) is 13.8. The van der Waals surface area contributed by atoms with E-state index in [-0.39, 0.29) is 46.7 Å². The van der Waals surface area contributed by atoms with Crippen LogP contribution < -0.4 is 29.4 Å². The van der Waals surface area contributed by atoms with Crippen molar-refractivity contribution in [2.24, 2.45) is 0 Å². The van der Waals surface area contributed by atoms with E-state index in [0.29, 0.717) is 52.7 Å². The molecule has 0 spiro atoms. The van der Waals surface area contributed by atoms with E-state index in [9.17, 15) is 12.6 Å². The first kappa shape index (κ1) is 32.4. The fraction of sp³-hybridized carbons (Fsp3) is 0.419. The van der Waals surface area contributed by atoms with Gasteiger partial charge in [0.1, 0.15) is 11.5 Å². The highest BCUT2D eigenvalue weighted by Crippen LogP contribution is 2.48. The molecule has 1 aliphatic rings. The zero-order valence-electron chi connectivity index (χ0n) is 25.1. The summed E-state index contributed by atoms with van der Waals surface area (Å²) in [5.74, 6) is 2.01. The Morgan fingerprint density at radius 3 is 1.88 bits per heavy atom. The summed E-state index contributed by atoms with van der Waals surface area (Å²) < 4.78 is 74.2. The highest BCUT2D eigenvalue weighted by molar-refractivity contribution is 7.91. The largest absolute Gasteiger partial charge is 0.493 e. The van der Waals surface area contributed by atoms with Crippen molar-refractivity contribution in [2.45, 2.75) is 48.2 Å². The van der Waals surface area contributed by atoms with Gasteiger partial charge in [0, 0.05) is 10.6 Å². The molecule has 0 bridgehead atoms. The highest BCUT2D eigenvalue weighted by atomic mass is 32.2. The molecule has 2 N–H and O–H groups in total. The number of nitrogen functional groups attached to an aromatic ring is 1. The molecule has 2 unspecified atom stereocenters. The first-order chi connectivity index (χ1) is 20.6. The van der Waals surface area contributed by atoms with Crippen LogP contribution in [0.1, 0.15) is 49.5 Å². The van der Waals surface area contributed by atoms with Gasteiger partial charge in [0.2, 0.25) is 5.75 Å². The molecule has 43 heavy (non-hydrogen) atoms. The van der Waals surface area contributed by atoms with Crippen molar-refractivity contribution in [2.75, 3.05) is 52.3 Å². The van der Waals surface area contributed by atoms with Crippen LogP contribution >= 0.6 is 0 Å². The van der Waals surface area contributed by atoms with Gasteiger partial charge >= 0.3 is 0 Å². The summed E-state index contributed by atoms with van der Waals surface area (Å²) in [4.78, 5) is 0.640. The number of ether oxygens (including phenoxy) is 6. The van der Waals surface area contributed by atoms with Gasteiger partial charge in [-0.3, -0.25) is 4.21 Å². The second-order valence-corrected chi connectivity index (χ2v) is 13.6. The van der Waals surface area contributed by atoms with Crippen molar-refractivity contribution >= 4 is 26.3 Å². The van der Waals surface area contributed by atoms with Crippen molar-refractivity contribution in [1.82, 2.24) is 0 Å². The smallest absolute Gasteiger partial charge is 0.203 e. The second-order valence-electron chi connectivity index (χ2n) is 9.99. The third-order valence-corrected chi connectivity index (χ3v) is 10.4. The Morgan fingerprint density at radius 1 is 0.837 bits per heavy atom. The van der Waals surface area contributed by atoms with Crippen LogP contribution in [0.5, 0.6) is 28.7 Å². The van der Waals surface area contributed by atoms with Crippen molar-refractivity contribution in [3.63, 3.8) is 0 Å². The topological polar surface area (TPSA) is 133 Å². The lowest BCUT2D eigenvalue weighted by Crippen LogP contribution is -2.14. The Labute approximate surface area is 255 Å². The van der Waals surface area contributed by atoms with Gasteiger partial charge in [-0.25, -0.2) is 8.42 Å². The molecule has 4 rings (SSSR count). The molecule has 1 heterocycles. The molecule has 0 aliphatic carbocycles. The second kappa shape index (κ2) is 14.3. The molecule has 10 nitrogen and oxygen atoms in total. The van der Waals surface area contributed by atoms with Gasteiger partial charge < -0.3 is 34.2 Å². The molecule has 12 heteroatoms. The van der Waals surface area contributed by atoms with E-state index >= 15 is 0 Å². The molecule has 3 aromatic rings. The van der Waals surface area contributed by atoms with Crippen LogP contribution in [-0.4, -0.2) is 59.2 Å². The monoisotopic (exact) mass is 633 g/mol. The molecule has 234 valence electrons. The third kappa shape index (κ3) is 7.36. The molecule has 1 saturated heterocycles. The Hall–Kier alpha value is -3.48. The number of methoxy groups -OCH3 is 4. The van der Waals surface area contributed by atoms with E-state index in [2.05, 4.69) is 0 Å². The quantitative estimate of drug-likeness (QED) is 0.234. The van der Waals surface area contributed by atoms with Crippen LogP contribution in [0.15, 0.2) is 58.3 Å². The van der Waals surface area contributed by atoms with E-state index < -0.39 is 20.6 Å². The Kier molecular flexibility index (Phi) is 10.8. The fourth-order valence-electron chi connectivity index (χ4n) is 5.06. The van der Waals surface area contributed by atoms with Crippen molar-refractivity contribution in [3.8, 4) is 28.7 Å². The van der Waals surface area contributed by atoms with Crippen LogP contribution in [0.3, 0.4) is 0 Å². The lowest BCUT2D eigenvalue weighted by atomic mass is 10.0. The Bertz CT molecular complexity index is 1520. The standard InChI is InChI=1S/C31H39NO9S2/c1-6-15-43(34,35)29-19-21(18-28(38-4)31(29)40-13-14-42(33)23-9-7-22(32)8-10-23)25-12-11-24(41-25)20-16-26(36-2)30(39-5)27(17-20)37-3/h7-10,16-19,24-25H,6,11-15,32H2,1-5H3/t24-,25?,42?/m0/s1. The third-order valence-electron chi connectivity index (χ3n) is 7.18. The van der Waals surface area contributed by atoms with E-state index in [1.54, 1.807) is 64.7 Å². The maximum Gasteiger partial charge on any atom is 0.203 e. The van der Waals surface area contributed by atoms with Gasteiger partial charge in [0.05, 0.1) is 63.0 Å². The summed E-state index contributed by atoms with van der Waals surface area (Å²) >= 11 is 0. The number of nitrogens with two attached hydrogens (primary N) is 1. The van der Waals surface area contributed by atoms with Gasteiger partial charge in [-0.15, -0.1) is 0 Å². The van der Waals surface area contributed by atoms with Crippen LogP contribution in [-0.2, 0) is 25.4 Å². The number of sulfone groups is 1. The predicted octanol–water partition coefficient (Wildman–Crippen LogP) is 5.27. The van der Waals surface area contributed by atoms with Crippen LogP contribution in [0.25, 0.3) is 0 Å². The summed E-state index contributed by atoms with van der Waals surface area (Å²) in [7, 11) is 1.05. The van der Waals surface area contributed by atoms with Gasteiger partial charge in [0.25, 0.3) is 0 Å². The van der Waals surface area contributed by atoms with E-state index in [1.807, 2.05) is 12.1 Å². The molecule has 0 amide bonds. The molecule has 0 radical (unpaired) electrons. The zero-order valence-corrected chi connectivity index (χ0v) is 26.7. The fourth-order valence-corrected chi connectivity index (χ4v) is 7.48. The van der Waals surface area contributed by atoms with Crippen molar-refractivity contribution in [1.29, 1.82) is 0 Å². The minimum Gasteiger partial charge on any atom is -0.493 e. The molecular weight excluding hydrogens is 594 g/mol. The SMILES string of the molecule is CCCS(=O)(=O)c1cc(C2CC[C@@H](c3cc(OC)c(OC)c(OC)c3)O2)cc(OC)c1OCCS(=O)c1ccc(N)cc1. The number of benzene rings is 3. The Balaban J connectivity index is 1.61. The number of hydrogen-bond donors (Lipinski definition) is 1. The number of rotatable bonds is 14. The van der Waals surface area contributed by atoms with Gasteiger partial charge in [-0.1, -0.05) is 6.92 Å². The molecule has 0 saturated carbocycles. The number of hydrogen-bond acceptors (Lipinski definition) is 10. The van der Waals surface area contributed by atoms with Crippen LogP contribution in [0, 0.1) is 0 Å². The molecule has 1 fully saturated rings. The molecular formula is C31H39NO9S2. The lowest BCUT2D eigenvalue weighted by molar-refractivity contribution is 0.0435. The van der Waals surface area contributed by atoms with Gasteiger partial charge in [-0.05, 0) is 78.9 Å². The minimum atomic E-state index is -3.72. The van der Waals surface area contributed by atoms with E-state index in [1.165, 1.54) is 7.11 Å². The first-order valence-corrected chi connectivity index (χ1v) is 16.9. The molecule has 0 aromatic heterocycles. The maximum absolute atomic E-state index is 13.4. The van der Waals surface area contributed by atoms with Gasteiger partial charge in [-0.2, -0.15) is 0 Å². The number of anilines is 1. The Morgan fingerprint density at radius 2 is 1.37 bits per heavy atom. The molecule has 3 atom stereocenters. The molecule has 1 aliphatic heterocycles. The summed E-state index contributed by atoms with van der Waals surface area (Å²) in [5.41, 5.74) is 7.83. The summed E-state index contributed by atoms with van der Waals surface area (Å²) in [6.45, 7) is 1.82. The van der Waals surface area contributed by atoms with Gasteiger partial charge in [0.15, 0.2) is 32.8 Å². The van der Waals surface area contributed by atoms with Crippen LogP contribution in [0.2, 0.25) is 0 Å². The predicted molar refractivity (Wildman–Crippen MR) is 165 cm³/mol. The van der Waals surface area contributed by atoms with E-state index in [4.69, 9.17) is 34.2 Å².